The van der Waals surface area contributed by atoms with Crippen molar-refractivity contribution < 1.29 is 14.1 Å². The fraction of sp³-hybridized carbons (Fsp3) is 0.364. The number of nitrogens with one attached hydrogen (secondary N) is 1. The molecule has 1 fully saturated rings. The Labute approximate surface area is 96.8 Å². The molecule has 1 aliphatic carbocycles. The van der Waals surface area contributed by atoms with Crippen molar-refractivity contribution in [3.8, 4) is 0 Å². The minimum absolute atomic E-state index is 0.116. The largest absolute Gasteiger partial charge is 0.349 e. The lowest BCUT2D eigenvalue weighted by Gasteiger charge is -2.26. The van der Waals surface area contributed by atoms with Crippen LogP contribution in [0, 0.1) is 15.9 Å². The Morgan fingerprint density at radius 2 is 2.18 bits per heavy atom. The highest BCUT2D eigenvalue weighted by molar-refractivity contribution is 5.95. The molecule has 2 rings (SSSR count). The molecule has 1 saturated carbocycles. The third kappa shape index (κ3) is 2.41. The topological polar surface area (TPSA) is 72.2 Å². The molecule has 1 aromatic rings. The van der Waals surface area contributed by atoms with Crippen LogP contribution in [0.5, 0.6) is 0 Å². The number of nitro benzene ring substituents is 1. The second-order valence-electron chi connectivity index (χ2n) is 4.02. The van der Waals surface area contributed by atoms with Crippen LogP contribution in [-0.2, 0) is 0 Å². The molecule has 0 spiro atoms. The zero-order valence-electron chi connectivity index (χ0n) is 8.98. The SMILES string of the molecule is O=C(NC1CCC1)c1ccc(F)c([N+](=O)[O-])c1. The number of carbonyl (C=O) groups excluding carboxylic acids is 1. The van der Waals surface area contributed by atoms with Gasteiger partial charge in [-0.15, -0.1) is 0 Å². The monoisotopic (exact) mass is 238 g/mol. The predicted octanol–water partition coefficient (Wildman–Crippen LogP) is 2.02. The van der Waals surface area contributed by atoms with Gasteiger partial charge in [-0.05, 0) is 31.4 Å². The number of hydrogen-bond donors (Lipinski definition) is 1. The van der Waals surface area contributed by atoms with E-state index in [9.17, 15) is 19.3 Å². The number of halogens is 1. The van der Waals surface area contributed by atoms with Crippen LogP contribution in [0.1, 0.15) is 29.6 Å². The molecular formula is C11H11FN2O3. The van der Waals surface area contributed by atoms with Crippen molar-refractivity contribution in [3.63, 3.8) is 0 Å². The lowest BCUT2D eigenvalue weighted by molar-refractivity contribution is -0.387. The number of benzene rings is 1. The molecule has 6 heteroatoms. The molecular weight excluding hydrogens is 227 g/mol. The first kappa shape index (κ1) is 11.5. The summed E-state index contributed by atoms with van der Waals surface area (Å²) in [6.07, 6.45) is 2.93. The van der Waals surface area contributed by atoms with Crippen LogP contribution in [-0.4, -0.2) is 16.9 Å². The number of nitrogens with zero attached hydrogens (tertiary/aromatic N) is 1. The molecule has 0 unspecified atom stereocenters. The maximum atomic E-state index is 13.1. The summed E-state index contributed by atoms with van der Waals surface area (Å²) in [7, 11) is 0. The molecule has 90 valence electrons. The van der Waals surface area contributed by atoms with Gasteiger partial charge in [-0.25, -0.2) is 0 Å². The quantitative estimate of drug-likeness (QED) is 0.646. The van der Waals surface area contributed by atoms with Crippen molar-refractivity contribution in [2.45, 2.75) is 25.3 Å². The molecule has 0 saturated heterocycles. The highest BCUT2D eigenvalue weighted by atomic mass is 19.1. The molecule has 0 aliphatic heterocycles. The molecule has 0 radical (unpaired) electrons. The van der Waals surface area contributed by atoms with Crippen LogP contribution in [0.25, 0.3) is 0 Å². The Balaban J connectivity index is 2.17. The summed E-state index contributed by atoms with van der Waals surface area (Å²) in [4.78, 5) is 21.4. The van der Waals surface area contributed by atoms with Crippen LogP contribution in [0.2, 0.25) is 0 Å². The van der Waals surface area contributed by atoms with E-state index >= 15 is 0 Å². The number of amides is 1. The molecule has 1 aromatic carbocycles. The van der Waals surface area contributed by atoms with E-state index in [1.807, 2.05) is 0 Å². The third-order valence-electron chi connectivity index (χ3n) is 2.85. The Bertz CT molecular complexity index is 472. The zero-order chi connectivity index (χ0) is 12.4. The summed E-state index contributed by atoms with van der Waals surface area (Å²) >= 11 is 0. The van der Waals surface area contributed by atoms with E-state index in [-0.39, 0.29) is 11.6 Å². The van der Waals surface area contributed by atoms with Crippen molar-refractivity contribution in [1.29, 1.82) is 0 Å². The van der Waals surface area contributed by atoms with E-state index in [2.05, 4.69) is 5.32 Å². The number of carbonyl (C=O) groups is 1. The van der Waals surface area contributed by atoms with Crippen molar-refractivity contribution in [2.75, 3.05) is 0 Å². The summed E-state index contributed by atoms with van der Waals surface area (Å²) in [6.45, 7) is 0. The Hall–Kier alpha value is -1.98. The lowest BCUT2D eigenvalue weighted by atomic mass is 9.93. The van der Waals surface area contributed by atoms with E-state index in [4.69, 9.17) is 0 Å². The maximum Gasteiger partial charge on any atom is 0.305 e. The molecule has 5 nitrogen and oxygen atoms in total. The van der Waals surface area contributed by atoms with Crippen molar-refractivity contribution in [1.82, 2.24) is 5.32 Å². The van der Waals surface area contributed by atoms with E-state index in [1.54, 1.807) is 0 Å². The molecule has 1 aliphatic rings. The molecule has 0 aromatic heterocycles. The normalized spacial score (nSPS) is 15.1. The summed E-state index contributed by atoms with van der Waals surface area (Å²) in [5, 5.41) is 13.3. The average molecular weight is 238 g/mol. The predicted molar refractivity (Wildman–Crippen MR) is 58.2 cm³/mol. The molecule has 0 bridgehead atoms. The minimum atomic E-state index is -0.935. The van der Waals surface area contributed by atoms with Gasteiger partial charge in [0.1, 0.15) is 0 Å². The molecule has 17 heavy (non-hydrogen) atoms. The lowest BCUT2D eigenvalue weighted by Crippen LogP contribution is -2.39. The van der Waals surface area contributed by atoms with Gasteiger partial charge in [0.05, 0.1) is 4.92 Å². The van der Waals surface area contributed by atoms with Crippen molar-refractivity contribution >= 4 is 11.6 Å². The smallest absolute Gasteiger partial charge is 0.305 e. The van der Waals surface area contributed by atoms with Gasteiger partial charge in [0.25, 0.3) is 5.91 Å². The number of rotatable bonds is 3. The van der Waals surface area contributed by atoms with Gasteiger partial charge in [-0.3, -0.25) is 14.9 Å². The number of nitro groups is 1. The Morgan fingerprint density at radius 1 is 1.47 bits per heavy atom. The van der Waals surface area contributed by atoms with Crippen LogP contribution in [0.15, 0.2) is 18.2 Å². The van der Waals surface area contributed by atoms with E-state index < -0.39 is 22.3 Å². The third-order valence-corrected chi connectivity index (χ3v) is 2.85. The van der Waals surface area contributed by atoms with Gasteiger partial charge in [-0.2, -0.15) is 4.39 Å². The first-order valence-corrected chi connectivity index (χ1v) is 5.33. The summed E-state index contributed by atoms with van der Waals surface area (Å²) in [5.41, 5.74) is -0.559. The maximum absolute atomic E-state index is 13.1. The molecule has 0 atom stereocenters. The summed E-state index contributed by atoms with van der Waals surface area (Å²) in [6, 6.07) is 3.29. The van der Waals surface area contributed by atoms with Crippen LogP contribution in [0.4, 0.5) is 10.1 Å². The second kappa shape index (κ2) is 4.48. The highest BCUT2D eigenvalue weighted by Gasteiger charge is 2.22. The van der Waals surface area contributed by atoms with Gasteiger partial charge in [0, 0.05) is 17.7 Å². The second-order valence-corrected chi connectivity index (χ2v) is 4.02. The standard InChI is InChI=1S/C11H11FN2O3/c12-9-5-4-7(6-10(9)14(16)17)11(15)13-8-2-1-3-8/h4-6,8H,1-3H2,(H,13,15). The fourth-order valence-electron chi connectivity index (χ4n) is 1.62. The van der Waals surface area contributed by atoms with Gasteiger partial charge in [0.2, 0.25) is 5.82 Å². The average Bonchev–Trinajstić information content (AvgIpc) is 2.23. The molecule has 0 heterocycles. The molecule has 1 amide bonds. The van der Waals surface area contributed by atoms with Crippen molar-refractivity contribution in [3.05, 3.63) is 39.7 Å². The van der Waals surface area contributed by atoms with Gasteiger partial charge in [0.15, 0.2) is 0 Å². The molecule has 1 N–H and O–H groups in total. The van der Waals surface area contributed by atoms with Crippen LogP contribution >= 0.6 is 0 Å². The zero-order valence-corrected chi connectivity index (χ0v) is 8.98. The van der Waals surface area contributed by atoms with Crippen molar-refractivity contribution in [2.24, 2.45) is 0 Å². The van der Waals surface area contributed by atoms with Gasteiger partial charge < -0.3 is 5.32 Å². The highest BCUT2D eigenvalue weighted by Crippen LogP contribution is 2.21. The van der Waals surface area contributed by atoms with Crippen LogP contribution < -0.4 is 5.32 Å². The summed E-state index contributed by atoms with van der Waals surface area (Å²) < 4.78 is 13.1. The Kier molecular flexibility index (Phi) is 3.03. The van der Waals surface area contributed by atoms with E-state index in [1.165, 1.54) is 6.07 Å². The summed E-state index contributed by atoms with van der Waals surface area (Å²) in [5.74, 6) is -1.33. The number of hydrogen-bond acceptors (Lipinski definition) is 3. The minimum Gasteiger partial charge on any atom is -0.349 e. The van der Waals surface area contributed by atoms with Crippen LogP contribution in [0.3, 0.4) is 0 Å². The van der Waals surface area contributed by atoms with Gasteiger partial charge in [-0.1, -0.05) is 0 Å². The van der Waals surface area contributed by atoms with Gasteiger partial charge >= 0.3 is 5.69 Å². The first-order valence-electron chi connectivity index (χ1n) is 5.33. The first-order chi connectivity index (χ1) is 8.08. The van der Waals surface area contributed by atoms with E-state index in [0.29, 0.717) is 0 Å². The fourth-order valence-corrected chi connectivity index (χ4v) is 1.62. The Morgan fingerprint density at radius 3 is 2.71 bits per heavy atom. The van der Waals surface area contributed by atoms with E-state index in [0.717, 1.165) is 31.4 Å².